The van der Waals surface area contributed by atoms with Crippen LogP contribution in [-0.2, 0) is 30.2 Å². The fraction of sp³-hybridized carbons (Fsp3) is 0.300. The summed E-state index contributed by atoms with van der Waals surface area (Å²) in [5.74, 6) is -2.10. The SMILES string of the molecule is CCOCc1c(C(=O)OCC(=O)c2c(N)n(C)c(=O)n(C)c2=O)oc2ccccc12. The molecular weight excluding hydrogens is 394 g/mol. The van der Waals surface area contributed by atoms with Gasteiger partial charge in [0.2, 0.25) is 11.5 Å². The second kappa shape index (κ2) is 8.37. The Morgan fingerprint density at radius 1 is 1.13 bits per heavy atom. The zero-order valence-electron chi connectivity index (χ0n) is 16.8. The van der Waals surface area contributed by atoms with Crippen LogP contribution in [-0.4, -0.2) is 34.1 Å². The summed E-state index contributed by atoms with van der Waals surface area (Å²) in [5.41, 5.74) is 4.77. The lowest BCUT2D eigenvalue weighted by atomic mass is 10.1. The second-order valence-electron chi connectivity index (χ2n) is 6.51. The van der Waals surface area contributed by atoms with E-state index in [4.69, 9.17) is 19.6 Å². The van der Waals surface area contributed by atoms with Crippen molar-refractivity contribution < 1.29 is 23.5 Å². The highest BCUT2D eigenvalue weighted by Crippen LogP contribution is 2.27. The number of para-hydroxylation sites is 1. The molecule has 0 spiro atoms. The molecule has 0 aliphatic heterocycles. The monoisotopic (exact) mass is 415 g/mol. The summed E-state index contributed by atoms with van der Waals surface area (Å²) in [6.45, 7) is 1.63. The third-order valence-corrected chi connectivity index (χ3v) is 4.66. The fourth-order valence-corrected chi connectivity index (χ4v) is 3.00. The Kier molecular flexibility index (Phi) is 5.88. The van der Waals surface area contributed by atoms with Crippen molar-refractivity contribution in [2.24, 2.45) is 14.1 Å². The van der Waals surface area contributed by atoms with E-state index in [1.165, 1.54) is 14.1 Å². The van der Waals surface area contributed by atoms with Gasteiger partial charge in [-0.05, 0) is 13.0 Å². The largest absolute Gasteiger partial charge is 0.451 e. The van der Waals surface area contributed by atoms with Crippen molar-refractivity contribution in [1.29, 1.82) is 0 Å². The first-order chi connectivity index (χ1) is 14.3. The van der Waals surface area contributed by atoms with Crippen LogP contribution < -0.4 is 17.0 Å². The van der Waals surface area contributed by atoms with Crippen molar-refractivity contribution in [2.75, 3.05) is 18.9 Å². The number of esters is 1. The van der Waals surface area contributed by atoms with Gasteiger partial charge in [-0.3, -0.25) is 18.7 Å². The summed E-state index contributed by atoms with van der Waals surface area (Å²) in [7, 11) is 2.55. The summed E-state index contributed by atoms with van der Waals surface area (Å²) in [6.07, 6.45) is 0. The number of ether oxygens (including phenoxy) is 2. The van der Waals surface area contributed by atoms with E-state index in [2.05, 4.69) is 0 Å². The summed E-state index contributed by atoms with van der Waals surface area (Å²) < 4.78 is 17.8. The van der Waals surface area contributed by atoms with Gasteiger partial charge in [0.25, 0.3) is 5.56 Å². The molecule has 0 atom stereocenters. The zero-order valence-corrected chi connectivity index (χ0v) is 16.8. The van der Waals surface area contributed by atoms with Crippen molar-refractivity contribution in [2.45, 2.75) is 13.5 Å². The van der Waals surface area contributed by atoms with Gasteiger partial charge in [0.05, 0.1) is 6.61 Å². The van der Waals surface area contributed by atoms with E-state index in [1.54, 1.807) is 24.3 Å². The first-order valence-corrected chi connectivity index (χ1v) is 9.11. The third-order valence-electron chi connectivity index (χ3n) is 4.66. The average Bonchev–Trinajstić information content (AvgIpc) is 3.12. The maximum atomic E-state index is 12.6. The predicted molar refractivity (Wildman–Crippen MR) is 107 cm³/mol. The molecule has 0 saturated carbocycles. The van der Waals surface area contributed by atoms with Crippen LogP contribution in [0.3, 0.4) is 0 Å². The number of Topliss-reactive ketones (excluding diaryl/α,β-unsaturated/α-hetero) is 1. The number of carbonyl (C=O) groups excluding carboxylic acids is 2. The molecule has 2 N–H and O–H groups in total. The van der Waals surface area contributed by atoms with Crippen LogP contribution in [0.15, 0.2) is 38.3 Å². The minimum absolute atomic E-state index is 0.0845. The van der Waals surface area contributed by atoms with Crippen LogP contribution in [0, 0.1) is 0 Å². The number of nitrogens with two attached hydrogens (primary N) is 1. The summed E-state index contributed by atoms with van der Waals surface area (Å²) >= 11 is 0. The number of hydrogen-bond acceptors (Lipinski definition) is 8. The van der Waals surface area contributed by atoms with Crippen LogP contribution >= 0.6 is 0 Å². The number of ketones is 1. The summed E-state index contributed by atoms with van der Waals surface area (Å²) in [6, 6.07) is 7.03. The second-order valence-corrected chi connectivity index (χ2v) is 6.51. The van der Waals surface area contributed by atoms with Gasteiger partial charge in [-0.15, -0.1) is 0 Å². The molecule has 158 valence electrons. The number of hydrogen-bond donors (Lipinski definition) is 1. The maximum Gasteiger partial charge on any atom is 0.375 e. The Morgan fingerprint density at radius 3 is 2.53 bits per heavy atom. The van der Waals surface area contributed by atoms with E-state index < -0.39 is 35.2 Å². The molecule has 2 heterocycles. The first kappa shape index (κ1) is 21.1. The molecule has 0 amide bonds. The molecule has 30 heavy (non-hydrogen) atoms. The highest BCUT2D eigenvalue weighted by molar-refractivity contribution is 6.02. The Bertz CT molecular complexity index is 1250. The number of carbonyl (C=O) groups is 2. The number of rotatable bonds is 7. The van der Waals surface area contributed by atoms with Crippen molar-refractivity contribution in [3.05, 3.63) is 62.0 Å². The lowest BCUT2D eigenvalue weighted by Gasteiger charge is -2.11. The Hall–Kier alpha value is -3.66. The molecule has 0 radical (unpaired) electrons. The number of benzene rings is 1. The molecule has 1 aromatic carbocycles. The van der Waals surface area contributed by atoms with Gasteiger partial charge in [-0.1, -0.05) is 18.2 Å². The summed E-state index contributed by atoms with van der Waals surface area (Å²) in [4.78, 5) is 49.3. The number of nitrogens with zero attached hydrogens (tertiary/aromatic N) is 2. The minimum Gasteiger partial charge on any atom is -0.451 e. The molecule has 0 bridgehead atoms. The lowest BCUT2D eigenvalue weighted by Crippen LogP contribution is -2.42. The van der Waals surface area contributed by atoms with E-state index in [0.717, 1.165) is 9.13 Å². The van der Waals surface area contributed by atoms with E-state index >= 15 is 0 Å². The normalized spacial score (nSPS) is 11.0. The van der Waals surface area contributed by atoms with Crippen LogP contribution in [0.4, 0.5) is 5.82 Å². The molecule has 0 aliphatic rings. The van der Waals surface area contributed by atoms with Crippen molar-refractivity contribution in [1.82, 2.24) is 9.13 Å². The molecule has 0 fully saturated rings. The smallest absolute Gasteiger partial charge is 0.375 e. The topological polar surface area (TPSA) is 136 Å². The van der Waals surface area contributed by atoms with Crippen LogP contribution in [0.25, 0.3) is 11.0 Å². The molecule has 3 rings (SSSR count). The lowest BCUT2D eigenvalue weighted by molar-refractivity contribution is 0.0438. The van der Waals surface area contributed by atoms with Crippen molar-refractivity contribution in [3.8, 4) is 0 Å². The molecule has 0 unspecified atom stereocenters. The summed E-state index contributed by atoms with van der Waals surface area (Å²) in [5, 5.41) is 0.695. The van der Waals surface area contributed by atoms with Gasteiger partial charge in [0.15, 0.2) is 6.61 Å². The van der Waals surface area contributed by atoms with Crippen molar-refractivity contribution >= 4 is 28.5 Å². The van der Waals surface area contributed by atoms with Crippen LogP contribution in [0.5, 0.6) is 0 Å². The number of fused-ring (bicyclic) bond motifs is 1. The van der Waals surface area contributed by atoms with Gasteiger partial charge >= 0.3 is 11.7 Å². The molecule has 10 heteroatoms. The number of anilines is 1. The van der Waals surface area contributed by atoms with Crippen LogP contribution in [0.1, 0.15) is 33.4 Å². The Balaban J connectivity index is 1.87. The molecular formula is C20H21N3O7. The minimum atomic E-state index is -0.880. The molecule has 10 nitrogen and oxygen atoms in total. The Morgan fingerprint density at radius 2 is 1.83 bits per heavy atom. The van der Waals surface area contributed by atoms with E-state index in [0.29, 0.717) is 23.1 Å². The molecule has 0 aliphatic carbocycles. The molecule has 2 aromatic heterocycles. The average molecular weight is 415 g/mol. The standard InChI is InChI=1S/C20H21N3O7/c1-4-28-9-12-11-7-5-6-8-14(11)30-16(12)19(26)29-10-13(24)15-17(21)22(2)20(27)23(3)18(15)25/h5-8H,4,9-10,21H2,1-3H3. The van der Waals surface area contributed by atoms with Gasteiger partial charge in [-0.25, -0.2) is 9.59 Å². The van der Waals surface area contributed by atoms with E-state index in [9.17, 15) is 19.2 Å². The van der Waals surface area contributed by atoms with Gasteiger partial charge < -0.3 is 19.6 Å². The van der Waals surface area contributed by atoms with E-state index in [1.807, 2.05) is 6.92 Å². The number of furan rings is 1. The van der Waals surface area contributed by atoms with Crippen LogP contribution in [0.2, 0.25) is 0 Å². The fourth-order valence-electron chi connectivity index (χ4n) is 3.00. The zero-order chi connectivity index (χ0) is 22.0. The van der Waals surface area contributed by atoms with E-state index in [-0.39, 0.29) is 18.2 Å². The van der Waals surface area contributed by atoms with Gasteiger partial charge in [0.1, 0.15) is 17.0 Å². The third kappa shape index (κ3) is 3.64. The number of nitrogen functional groups attached to an aromatic ring is 1. The van der Waals surface area contributed by atoms with Gasteiger partial charge in [-0.2, -0.15) is 0 Å². The van der Waals surface area contributed by atoms with Gasteiger partial charge in [0, 0.05) is 31.7 Å². The first-order valence-electron chi connectivity index (χ1n) is 9.11. The molecule has 3 aromatic rings. The highest BCUT2D eigenvalue weighted by Gasteiger charge is 2.25. The number of aromatic nitrogens is 2. The highest BCUT2D eigenvalue weighted by atomic mass is 16.5. The quantitative estimate of drug-likeness (QED) is 0.446. The Labute approximate surface area is 170 Å². The van der Waals surface area contributed by atoms with Crippen molar-refractivity contribution in [3.63, 3.8) is 0 Å². The molecule has 0 saturated heterocycles. The maximum absolute atomic E-state index is 12.6. The predicted octanol–water partition coefficient (Wildman–Crippen LogP) is 0.989.